The third-order valence-corrected chi connectivity index (χ3v) is 4.30. The van der Waals surface area contributed by atoms with E-state index in [2.05, 4.69) is 0 Å². The quantitative estimate of drug-likeness (QED) is 0.768. The molecule has 0 aliphatic rings. The van der Waals surface area contributed by atoms with Crippen LogP contribution in [0.15, 0.2) is 35.1 Å². The van der Waals surface area contributed by atoms with Gasteiger partial charge in [0.05, 0.1) is 4.53 Å². The largest absolute Gasteiger partial charge is 0.385 e. The number of aromatic nitrogens is 1. The lowest BCUT2D eigenvalue weighted by molar-refractivity contribution is 0.190. The Labute approximate surface area is 137 Å². The summed E-state index contributed by atoms with van der Waals surface area (Å²) < 4.78 is 7.40. The van der Waals surface area contributed by atoms with E-state index in [1.54, 1.807) is 13.2 Å². The van der Waals surface area contributed by atoms with Gasteiger partial charge in [-0.15, -0.1) is 11.3 Å². The zero-order valence-corrected chi connectivity index (χ0v) is 13.5. The highest BCUT2D eigenvalue weighted by Crippen LogP contribution is 1.99. The van der Waals surface area contributed by atoms with Gasteiger partial charge in [-0.1, -0.05) is 30.3 Å². The zero-order chi connectivity index (χ0) is 16.7. The first-order valence-corrected chi connectivity index (χ1v) is 7.82. The van der Waals surface area contributed by atoms with Crippen LogP contribution >= 0.6 is 11.3 Å². The summed E-state index contributed by atoms with van der Waals surface area (Å²) in [6.45, 7) is 0.919. The number of hydrogen-bond donors (Lipinski definition) is 0. The average molecular weight is 325 g/mol. The maximum Gasteiger partial charge on any atom is 0.269 e. The second-order valence-corrected chi connectivity index (χ2v) is 5.76. The molecule has 23 heavy (non-hydrogen) atoms. The lowest BCUT2D eigenvalue weighted by atomic mass is 10.2. The fourth-order valence-electron chi connectivity index (χ4n) is 2.10. The standard InChI is InChI=1S/C17H15N3O2S/c1-22-9-5-8-20-16(21)15(10-13-6-3-2-4-7-13)23-17(20)14(11-18)12-19/h2-4,6-7,10H,5,8-9H2,1H3/b15-10+. The highest BCUT2D eigenvalue weighted by atomic mass is 32.1. The minimum Gasteiger partial charge on any atom is -0.385 e. The van der Waals surface area contributed by atoms with E-state index < -0.39 is 0 Å². The molecule has 0 aliphatic heterocycles. The second-order valence-electron chi connectivity index (χ2n) is 4.73. The first-order valence-electron chi connectivity index (χ1n) is 7.01. The summed E-state index contributed by atoms with van der Waals surface area (Å²) in [7, 11) is 1.59. The maximum absolute atomic E-state index is 12.6. The van der Waals surface area contributed by atoms with Crippen LogP contribution in [0.5, 0.6) is 0 Å². The number of rotatable bonds is 5. The highest BCUT2D eigenvalue weighted by Gasteiger charge is 2.09. The molecule has 1 aromatic heterocycles. The van der Waals surface area contributed by atoms with Crippen LogP contribution in [0.25, 0.3) is 11.6 Å². The molecule has 2 rings (SSSR count). The van der Waals surface area contributed by atoms with Gasteiger partial charge >= 0.3 is 0 Å². The van der Waals surface area contributed by atoms with Crippen LogP contribution in [-0.2, 0) is 11.3 Å². The van der Waals surface area contributed by atoms with Crippen molar-refractivity contribution in [3.8, 4) is 12.1 Å². The number of methoxy groups -OCH3 is 1. The van der Waals surface area contributed by atoms with E-state index in [4.69, 9.17) is 15.3 Å². The Kier molecular flexibility index (Phi) is 5.87. The molecule has 0 saturated carbocycles. The first-order chi connectivity index (χ1) is 11.2. The molecule has 5 nitrogen and oxygen atoms in total. The Bertz CT molecular complexity index is 911. The van der Waals surface area contributed by atoms with Gasteiger partial charge in [0, 0.05) is 20.3 Å². The van der Waals surface area contributed by atoms with Gasteiger partial charge in [-0.3, -0.25) is 9.36 Å². The van der Waals surface area contributed by atoms with Crippen molar-refractivity contribution in [2.24, 2.45) is 0 Å². The van der Waals surface area contributed by atoms with Gasteiger partial charge in [-0.05, 0) is 18.1 Å². The van der Waals surface area contributed by atoms with Crippen molar-refractivity contribution in [3.05, 3.63) is 55.4 Å². The molecule has 1 heterocycles. The summed E-state index contributed by atoms with van der Waals surface area (Å²) in [5, 5.41) is 18.2. The van der Waals surface area contributed by atoms with Gasteiger partial charge in [-0.2, -0.15) is 10.5 Å². The molecule has 0 fully saturated rings. The van der Waals surface area contributed by atoms with Gasteiger partial charge in [0.2, 0.25) is 0 Å². The van der Waals surface area contributed by atoms with Gasteiger partial charge < -0.3 is 4.74 Å². The van der Waals surface area contributed by atoms with Crippen molar-refractivity contribution in [2.75, 3.05) is 13.7 Å². The molecule has 2 aromatic rings. The van der Waals surface area contributed by atoms with Gasteiger partial charge in [-0.25, -0.2) is 0 Å². The van der Waals surface area contributed by atoms with E-state index >= 15 is 0 Å². The molecule has 0 unspecified atom stereocenters. The van der Waals surface area contributed by atoms with E-state index in [-0.39, 0.29) is 11.1 Å². The monoisotopic (exact) mass is 325 g/mol. The van der Waals surface area contributed by atoms with Crippen LogP contribution in [0.4, 0.5) is 0 Å². The fraction of sp³-hybridized carbons (Fsp3) is 0.235. The smallest absolute Gasteiger partial charge is 0.269 e. The van der Waals surface area contributed by atoms with Crippen LogP contribution in [0.3, 0.4) is 0 Å². The predicted molar refractivity (Wildman–Crippen MR) is 89.0 cm³/mol. The second kappa shape index (κ2) is 8.09. The summed E-state index contributed by atoms with van der Waals surface area (Å²) >= 11 is 1.17. The summed E-state index contributed by atoms with van der Waals surface area (Å²) in [4.78, 5) is 12.6. The third kappa shape index (κ3) is 3.95. The molecular formula is C17H15N3O2S. The lowest BCUT2D eigenvalue weighted by Crippen LogP contribution is -2.32. The molecule has 0 N–H and O–H groups in total. The number of hydrogen-bond acceptors (Lipinski definition) is 5. The summed E-state index contributed by atoms with van der Waals surface area (Å²) in [6.07, 6.45) is 2.41. The van der Waals surface area contributed by atoms with Crippen molar-refractivity contribution in [1.29, 1.82) is 10.5 Å². The Balaban J connectivity index is 2.65. The predicted octanol–water partition coefficient (Wildman–Crippen LogP) is 0.973. The Hall–Kier alpha value is -2.67. The molecule has 0 spiro atoms. The molecule has 0 saturated heterocycles. The molecule has 0 aliphatic carbocycles. The summed E-state index contributed by atoms with van der Waals surface area (Å²) in [5.41, 5.74) is 0.669. The molecule has 0 bridgehead atoms. The Morgan fingerprint density at radius 3 is 2.61 bits per heavy atom. The Morgan fingerprint density at radius 2 is 2.00 bits per heavy atom. The lowest BCUT2D eigenvalue weighted by Gasteiger charge is -2.01. The van der Waals surface area contributed by atoms with Crippen molar-refractivity contribution in [3.63, 3.8) is 0 Å². The number of nitriles is 2. The minimum absolute atomic E-state index is 0.0442. The van der Waals surface area contributed by atoms with Crippen LogP contribution in [0.2, 0.25) is 0 Å². The van der Waals surface area contributed by atoms with E-state index in [9.17, 15) is 4.79 Å². The number of benzene rings is 1. The Morgan fingerprint density at radius 1 is 1.30 bits per heavy atom. The van der Waals surface area contributed by atoms with E-state index in [1.807, 2.05) is 42.5 Å². The average Bonchev–Trinajstić information content (AvgIpc) is 2.87. The molecular weight excluding hydrogens is 310 g/mol. The number of ether oxygens (including phenoxy) is 1. The van der Waals surface area contributed by atoms with Crippen LogP contribution in [0, 0.1) is 22.7 Å². The van der Waals surface area contributed by atoms with Crippen LogP contribution < -0.4 is 14.8 Å². The molecule has 0 radical (unpaired) electrons. The zero-order valence-electron chi connectivity index (χ0n) is 12.7. The fourth-order valence-corrected chi connectivity index (χ4v) is 3.18. The number of thiazole rings is 1. The van der Waals surface area contributed by atoms with Crippen molar-refractivity contribution in [1.82, 2.24) is 4.57 Å². The van der Waals surface area contributed by atoms with Crippen LogP contribution in [0.1, 0.15) is 12.0 Å². The highest BCUT2D eigenvalue weighted by molar-refractivity contribution is 7.07. The van der Waals surface area contributed by atoms with Crippen molar-refractivity contribution >= 4 is 23.0 Å². The SMILES string of the molecule is COCCCn1c(=C(C#N)C#N)s/c(=C/c2ccccc2)c1=O. The van der Waals surface area contributed by atoms with E-state index in [1.165, 1.54) is 15.9 Å². The van der Waals surface area contributed by atoms with E-state index in [0.717, 1.165) is 5.56 Å². The molecule has 6 heteroatoms. The topological polar surface area (TPSA) is 78.8 Å². The third-order valence-electron chi connectivity index (χ3n) is 3.17. The first kappa shape index (κ1) is 16.7. The van der Waals surface area contributed by atoms with Crippen molar-refractivity contribution in [2.45, 2.75) is 13.0 Å². The van der Waals surface area contributed by atoms with Gasteiger partial charge in [0.15, 0.2) is 5.57 Å². The van der Waals surface area contributed by atoms with Crippen LogP contribution in [-0.4, -0.2) is 18.3 Å². The normalized spacial score (nSPS) is 11.0. The number of nitrogens with zero attached hydrogens (tertiary/aromatic N) is 3. The van der Waals surface area contributed by atoms with Crippen molar-refractivity contribution < 1.29 is 4.74 Å². The van der Waals surface area contributed by atoms with Gasteiger partial charge in [0.1, 0.15) is 16.8 Å². The molecule has 116 valence electrons. The minimum atomic E-state index is -0.187. The molecule has 1 aromatic carbocycles. The van der Waals surface area contributed by atoms with Gasteiger partial charge in [0.25, 0.3) is 5.56 Å². The summed E-state index contributed by atoms with van der Waals surface area (Å²) in [6, 6.07) is 13.2. The maximum atomic E-state index is 12.6. The van der Waals surface area contributed by atoms with E-state index in [0.29, 0.717) is 28.8 Å². The molecule has 0 atom stereocenters. The summed E-state index contributed by atoms with van der Waals surface area (Å²) in [5.74, 6) is 0. The molecule has 0 amide bonds.